The largest absolute Gasteiger partial charge is 0.497 e. The lowest BCUT2D eigenvalue weighted by atomic mass is 10.2. The van der Waals surface area contributed by atoms with Gasteiger partial charge >= 0.3 is 0 Å². The molecule has 1 N–H and O–H groups in total. The molecule has 0 aliphatic carbocycles. The fraction of sp³-hybridized carbons (Fsp3) is 0.240. The van der Waals surface area contributed by atoms with Gasteiger partial charge in [0.05, 0.1) is 35.0 Å². The van der Waals surface area contributed by atoms with Gasteiger partial charge in [0, 0.05) is 24.4 Å². The Hall–Kier alpha value is -3.76. The van der Waals surface area contributed by atoms with Gasteiger partial charge in [0.15, 0.2) is 11.5 Å². The first kappa shape index (κ1) is 25.9. The van der Waals surface area contributed by atoms with Gasteiger partial charge in [-0.2, -0.15) is 4.31 Å². The molecule has 0 aromatic heterocycles. The Morgan fingerprint density at radius 1 is 0.800 bits per heavy atom. The summed E-state index contributed by atoms with van der Waals surface area (Å²) in [6, 6.07) is 18.4. The Morgan fingerprint density at radius 3 is 2.09 bits per heavy atom. The summed E-state index contributed by atoms with van der Waals surface area (Å²) < 4.78 is 49.5. The van der Waals surface area contributed by atoms with Crippen LogP contribution in [0.15, 0.2) is 71.6 Å². The molecule has 3 aromatic rings. The van der Waals surface area contributed by atoms with Crippen molar-refractivity contribution in [1.82, 2.24) is 4.31 Å². The molecule has 186 valence electrons. The smallest absolute Gasteiger partial charge is 0.247 e. The average molecular weight is 501 g/mol. The fourth-order valence-corrected chi connectivity index (χ4v) is 4.97. The number of ether oxygens (including phenoxy) is 4. The van der Waals surface area contributed by atoms with E-state index in [9.17, 15) is 13.2 Å². The molecular formula is C25H28N2O7S. The van der Waals surface area contributed by atoms with Gasteiger partial charge in [0.2, 0.25) is 15.9 Å². The number of hydrogen-bond acceptors (Lipinski definition) is 7. The first-order valence-corrected chi connectivity index (χ1v) is 12.0. The Morgan fingerprint density at radius 2 is 1.46 bits per heavy atom. The second-order valence-corrected chi connectivity index (χ2v) is 9.30. The third-order valence-electron chi connectivity index (χ3n) is 5.18. The van der Waals surface area contributed by atoms with Crippen LogP contribution in [0.25, 0.3) is 0 Å². The summed E-state index contributed by atoms with van der Waals surface area (Å²) in [6.07, 6.45) is 0. The molecular weight excluding hydrogens is 472 g/mol. The van der Waals surface area contributed by atoms with Crippen molar-refractivity contribution in [3.63, 3.8) is 0 Å². The van der Waals surface area contributed by atoms with Gasteiger partial charge in [-0.25, -0.2) is 8.42 Å². The lowest BCUT2D eigenvalue weighted by Crippen LogP contribution is -2.37. The topological polar surface area (TPSA) is 103 Å². The Bertz CT molecular complexity index is 1260. The van der Waals surface area contributed by atoms with E-state index in [2.05, 4.69) is 5.32 Å². The van der Waals surface area contributed by atoms with Gasteiger partial charge in [-0.3, -0.25) is 4.79 Å². The molecule has 0 unspecified atom stereocenters. The molecule has 0 saturated carbocycles. The lowest BCUT2D eigenvalue weighted by molar-refractivity contribution is -0.116. The Kier molecular flexibility index (Phi) is 8.56. The number of carbonyl (C=O) groups is 1. The summed E-state index contributed by atoms with van der Waals surface area (Å²) in [5.74, 6) is 0.894. The number of rotatable bonds is 11. The molecule has 0 atom stereocenters. The Labute approximate surface area is 205 Å². The minimum atomic E-state index is -4.16. The first-order chi connectivity index (χ1) is 16.8. The van der Waals surface area contributed by atoms with E-state index in [4.69, 9.17) is 18.9 Å². The first-order valence-electron chi connectivity index (χ1n) is 10.6. The third-order valence-corrected chi connectivity index (χ3v) is 6.99. The van der Waals surface area contributed by atoms with Crippen LogP contribution < -0.4 is 24.3 Å². The second kappa shape index (κ2) is 11.6. The van der Waals surface area contributed by atoms with Gasteiger partial charge in [-0.05, 0) is 29.8 Å². The minimum Gasteiger partial charge on any atom is -0.497 e. The van der Waals surface area contributed by atoms with Gasteiger partial charge < -0.3 is 24.3 Å². The fourth-order valence-electron chi connectivity index (χ4n) is 3.41. The van der Waals surface area contributed by atoms with Crippen LogP contribution in [-0.4, -0.2) is 53.6 Å². The molecule has 3 aromatic carbocycles. The number of carbonyl (C=O) groups excluding carboxylic acids is 1. The zero-order valence-electron chi connectivity index (χ0n) is 20.0. The van der Waals surface area contributed by atoms with E-state index in [0.717, 1.165) is 9.87 Å². The van der Waals surface area contributed by atoms with E-state index < -0.39 is 22.5 Å². The van der Waals surface area contributed by atoms with E-state index in [0.29, 0.717) is 22.9 Å². The van der Waals surface area contributed by atoms with Crippen molar-refractivity contribution in [2.24, 2.45) is 0 Å². The van der Waals surface area contributed by atoms with E-state index >= 15 is 0 Å². The number of benzene rings is 3. The quantitative estimate of drug-likeness (QED) is 0.429. The number of sulfonamides is 1. The zero-order valence-corrected chi connectivity index (χ0v) is 20.8. The van der Waals surface area contributed by atoms with Crippen molar-refractivity contribution < 1.29 is 32.2 Å². The highest BCUT2D eigenvalue weighted by Crippen LogP contribution is 2.32. The van der Waals surface area contributed by atoms with E-state index in [1.807, 2.05) is 6.07 Å². The molecule has 0 heterocycles. The highest BCUT2D eigenvalue weighted by molar-refractivity contribution is 7.89. The van der Waals surface area contributed by atoms with Gasteiger partial charge in [0.1, 0.15) is 16.4 Å². The van der Waals surface area contributed by atoms with Crippen LogP contribution >= 0.6 is 0 Å². The van der Waals surface area contributed by atoms with Crippen LogP contribution in [-0.2, 0) is 21.4 Å². The van der Waals surface area contributed by atoms with Gasteiger partial charge in [-0.1, -0.05) is 30.3 Å². The number of methoxy groups -OCH3 is 4. The predicted octanol–water partition coefficient (Wildman–Crippen LogP) is 3.55. The van der Waals surface area contributed by atoms with E-state index in [1.165, 1.54) is 40.6 Å². The summed E-state index contributed by atoms with van der Waals surface area (Å²) >= 11 is 0. The summed E-state index contributed by atoms with van der Waals surface area (Å²) in [4.78, 5) is 12.9. The van der Waals surface area contributed by atoms with Crippen LogP contribution in [0, 0.1) is 0 Å². The lowest BCUT2D eigenvalue weighted by Gasteiger charge is -2.23. The molecule has 0 radical (unpaired) electrons. The van der Waals surface area contributed by atoms with Crippen LogP contribution in [0.5, 0.6) is 23.0 Å². The maximum Gasteiger partial charge on any atom is 0.247 e. The van der Waals surface area contributed by atoms with E-state index in [-0.39, 0.29) is 17.2 Å². The zero-order chi connectivity index (χ0) is 25.4. The standard InChI is InChI=1S/C25H28N2O7S/c1-31-20-11-13-22(33-3)24(15-20)35(29,30)27(16-18-8-6-5-7-9-18)17-25(28)26-19-10-12-21(32-2)23(14-19)34-4/h5-15H,16-17H2,1-4H3,(H,26,28). The monoisotopic (exact) mass is 500 g/mol. The SMILES string of the molecule is COc1ccc(OC)c(S(=O)(=O)N(CC(=O)Nc2ccc(OC)c(OC)c2)Cc2ccccc2)c1. The predicted molar refractivity (Wildman–Crippen MR) is 132 cm³/mol. The number of hydrogen-bond donors (Lipinski definition) is 1. The van der Waals surface area contributed by atoms with Crippen molar-refractivity contribution >= 4 is 21.6 Å². The molecule has 0 aliphatic heterocycles. The summed E-state index contributed by atoms with van der Waals surface area (Å²) in [5, 5.41) is 2.72. The summed E-state index contributed by atoms with van der Waals surface area (Å²) in [7, 11) is 1.65. The normalized spacial score (nSPS) is 11.1. The number of nitrogens with zero attached hydrogens (tertiary/aromatic N) is 1. The molecule has 0 saturated heterocycles. The number of nitrogens with one attached hydrogen (secondary N) is 1. The average Bonchev–Trinajstić information content (AvgIpc) is 2.88. The maximum atomic E-state index is 13.7. The summed E-state index contributed by atoms with van der Waals surface area (Å²) in [5.41, 5.74) is 1.15. The molecule has 0 bridgehead atoms. The van der Waals surface area contributed by atoms with Crippen molar-refractivity contribution in [3.05, 3.63) is 72.3 Å². The second-order valence-electron chi connectivity index (χ2n) is 7.39. The minimum absolute atomic E-state index is 0.0249. The van der Waals surface area contributed by atoms with Crippen molar-refractivity contribution in [3.8, 4) is 23.0 Å². The molecule has 3 rings (SSSR count). The molecule has 0 fully saturated rings. The van der Waals surface area contributed by atoms with Gasteiger partial charge in [0.25, 0.3) is 0 Å². The van der Waals surface area contributed by atoms with Crippen LogP contribution in [0.1, 0.15) is 5.56 Å². The van der Waals surface area contributed by atoms with Crippen molar-refractivity contribution in [2.75, 3.05) is 40.3 Å². The molecule has 0 spiro atoms. The maximum absolute atomic E-state index is 13.7. The molecule has 0 aliphatic rings. The highest BCUT2D eigenvalue weighted by atomic mass is 32.2. The van der Waals surface area contributed by atoms with Gasteiger partial charge in [-0.15, -0.1) is 0 Å². The molecule has 9 nitrogen and oxygen atoms in total. The molecule has 1 amide bonds. The van der Waals surface area contributed by atoms with Crippen molar-refractivity contribution in [2.45, 2.75) is 11.4 Å². The third kappa shape index (κ3) is 6.23. The Balaban J connectivity index is 1.94. The van der Waals surface area contributed by atoms with Crippen LogP contribution in [0.4, 0.5) is 5.69 Å². The van der Waals surface area contributed by atoms with E-state index in [1.54, 1.807) is 48.5 Å². The number of anilines is 1. The highest BCUT2D eigenvalue weighted by Gasteiger charge is 2.30. The molecule has 10 heteroatoms. The summed E-state index contributed by atoms with van der Waals surface area (Å²) in [6.45, 7) is -0.463. The number of amides is 1. The van der Waals surface area contributed by atoms with Crippen molar-refractivity contribution in [1.29, 1.82) is 0 Å². The molecule has 35 heavy (non-hydrogen) atoms. The van der Waals surface area contributed by atoms with Crippen LogP contribution in [0.3, 0.4) is 0 Å². The van der Waals surface area contributed by atoms with Crippen LogP contribution in [0.2, 0.25) is 0 Å².